The summed E-state index contributed by atoms with van der Waals surface area (Å²) in [6.45, 7) is 30.3. The second-order valence-corrected chi connectivity index (χ2v) is 36.2. The van der Waals surface area contributed by atoms with Crippen molar-refractivity contribution in [2.45, 2.75) is 292 Å². The number of carboxylic acids is 1. The van der Waals surface area contributed by atoms with E-state index in [-0.39, 0.29) is 87.3 Å². The van der Waals surface area contributed by atoms with Gasteiger partial charge in [0.1, 0.15) is 84.6 Å². The lowest BCUT2D eigenvalue weighted by molar-refractivity contribution is -0.143. The molecule has 1 aliphatic heterocycles. The molecule has 3 aromatic carbocycles. The lowest BCUT2D eigenvalue weighted by Gasteiger charge is -2.33. The molecule has 1 aromatic heterocycles. The number of amides is 14. The van der Waals surface area contributed by atoms with Crippen LogP contribution in [-0.4, -0.2) is 213 Å². The molecule has 1 saturated heterocycles. The molecule has 4 aromatic rings. The maximum atomic E-state index is 15.0. The number of aromatic nitrogens is 1. The van der Waals surface area contributed by atoms with Gasteiger partial charge >= 0.3 is 5.97 Å². The SMILES string of the molecule is CC[C@H](C)[C@H](NC(=O)[C@@H](NC(=O)[C@H](Cc1ccccc1)NC(=O)[C@@H]1CCCN1C(=O)[C@@H](NC(=O)[C@@H](NC(=O)[C@H](C)NC(=O)[C@H](Cc1ccccc1)NC(=O)[C@H](CC(C)C)NC(=O)[C@H](CC(C)C)NC(=O)[C@H](Cc1c[nH]c2ccccc12)NC(=O)[C@@H](N)CC(C)C)C(C)C)C(C)C)C(C)C)C(=O)N[C@@H](CC(C)C)C(=O)N[C@@H](CCCCN)C(=O)N[C@@H](CS)C(=O)O. The standard InChI is InChI=1S/C91H141N17O16S/c1-18-56(16)76(89(121)102-67(43-52(8)9)81(113)96-64(36-27-28-38-92)79(111)103-71(48-125)91(123)124)107-88(120)74(54(12)13)105-85(117)69(45-59-32-23-20-24-33-59)101-86(118)72-37-29-39-108(72)90(122)75(55(14)15)106-87(119)73(53(10)11)104-77(109)57(17)95-80(112)68(44-58-30-21-19-22-31-58)100-83(115)66(42-51(6)7)98-82(114)65(41-50(4)5)99-84(116)70(97-78(110)62(93)40-49(2)3)46-60-47-94-63-35-26-25-34-61(60)63/h19-26,30-35,47,49-57,62,64-76,94,125H,18,27-29,36-46,48,92-93H2,1-17H3,(H,95,112)(H,96,113)(H,97,110)(H,98,114)(H,99,116)(H,100,115)(H,101,118)(H,102,121)(H,103,111)(H,104,109)(H,105,117)(H,106,119)(H,107,120)(H,123,124)/t56-,57-,62-,64-,65-,66-,67-,68-,69-,70-,71-,72-,73-,74-,75-,76-/m0/s1. The number of likely N-dealkylation sites (tertiary alicyclic amines) is 1. The number of unbranched alkanes of at least 4 members (excludes halogenated alkanes) is 1. The molecule has 0 radical (unpaired) electrons. The first-order chi connectivity index (χ1) is 59.0. The van der Waals surface area contributed by atoms with Crippen LogP contribution in [0.1, 0.15) is 199 Å². The molecule has 34 heteroatoms. The molecule has 0 bridgehead atoms. The van der Waals surface area contributed by atoms with Crippen molar-refractivity contribution in [3.05, 3.63) is 108 Å². The minimum absolute atomic E-state index is 0.0476. The van der Waals surface area contributed by atoms with Crippen LogP contribution in [0, 0.1) is 47.3 Å². The zero-order valence-electron chi connectivity index (χ0n) is 75.9. The highest BCUT2D eigenvalue weighted by molar-refractivity contribution is 7.80. The third-order valence-corrected chi connectivity index (χ3v) is 22.5. The van der Waals surface area contributed by atoms with E-state index in [1.807, 2.05) is 79.7 Å². The van der Waals surface area contributed by atoms with Gasteiger partial charge in [0.05, 0.1) is 6.04 Å². The minimum atomic E-state index is -1.35. The molecular formula is C91H141N17O16S. The summed E-state index contributed by atoms with van der Waals surface area (Å²) in [6.07, 6.45) is 4.23. The van der Waals surface area contributed by atoms with Gasteiger partial charge in [-0.1, -0.05) is 196 Å². The van der Waals surface area contributed by atoms with Gasteiger partial charge in [-0.25, -0.2) is 4.79 Å². The molecule has 0 saturated carbocycles. The highest BCUT2D eigenvalue weighted by atomic mass is 32.1. The van der Waals surface area contributed by atoms with E-state index in [1.54, 1.807) is 122 Å². The first-order valence-corrected chi connectivity index (χ1v) is 44.8. The highest BCUT2D eigenvalue weighted by Gasteiger charge is 2.44. The molecule has 19 N–H and O–H groups in total. The zero-order chi connectivity index (χ0) is 93.2. The van der Waals surface area contributed by atoms with Gasteiger partial charge in [0.25, 0.3) is 0 Å². The summed E-state index contributed by atoms with van der Waals surface area (Å²) in [6, 6.07) is 6.38. The fraction of sp³-hybridized carbons (Fsp3) is 0.615. The Labute approximate surface area is 741 Å². The average molecular weight is 1760 g/mol. The van der Waals surface area contributed by atoms with Crippen molar-refractivity contribution in [2.24, 2.45) is 58.8 Å². The van der Waals surface area contributed by atoms with Crippen LogP contribution in [0.2, 0.25) is 0 Å². The van der Waals surface area contributed by atoms with Crippen LogP contribution >= 0.6 is 12.6 Å². The van der Waals surface area contributed by atoms with E-state index < -0.39 is 203 Å². The van der Waals surface area contributed by atoms with Gasteiger partial charge in [0, 0.05) is 48.7 Å². The van der Waals surface area contributed by atoms with Crippen LogP contribution in [0.3, 0.4) is 0 Å². The average Bonchev–Trinajstić information content (AvgIpc) is 1.72. The summed E-state index contributed by atoms with van der Waals surface area (Å²) < 4.78 is 0. The zero-order valence-corrected chi connectivity index (χ0v) is 76.8. The lowest BCUT2D eigenvalue weighted by atomic mass is 9.95. The molecule has 33 nitrogen and oxygen atoms in total. The van der Waals surface area contributed by atoms with E-state index in [2.05, 4.69) is 86.7 Å². The van der Waals surface area contributed by atoms with Gasteiger partial charge in [-0.15, -0.1) is 0 Å². The lowest BCUT2D eigenvalue weighted by Crippen LogP contribution is -2.62. The van der Waals surface area contributed by atoms with Crippen LogP contribution in [0.4, 0.5) is 0 Å². The Bertz CT molecular complexity index is 4240. The van der Waals surface area contributed by atoms with Crippen molar-refractivity contribution in [3.8, 4) is 0 Å². The van der Waals surface area contributed by atoms with E-state index in [9.17, 15) is 72.2 Å². The predicted molar refractivity (Wildman–Crippen MR) is 482 cm³/mol. The minimum Gasteiger partial charge on any atom is -0.480 e. The van der Waals surface area contributed by atoms with E-state index in [0.717, 1.165) is 16.5 Å². The molecule has 1 fully saturated rings. The normalized spacial score (nSPS) is 16.4. The van der Waals surface area contributed by atoms with Crippen molar-refractivity contribution in [1.29, 1.82) is 0 Å². The van der Waals surface area contributed by atoms with E-state index in [1.165, 1.54) is 11.8 Å². The number of H-pyrrole nitrogens is 1. The smallest absolute Gasteiger partial charge is 0.327 e. The number of benzene rings is 3. The molecule has 2 heterocycles. The monoisotopic (exact) mass is 1760 g/mol. The number of nitrogens with two attached hydrogens (primary N) is 2. The number of nitrogens with zero attached hydrogens (tertiary/aromatic N) is 1. The Balaban J connectivity index is 1.31. The topological polar surface area (TPSA) is 504 Å². The molecule has 692 valence electrons. The number of para-hydroxylation sites is 1. The number of carbonyl (C=O) groups excluding carboxylic acids is 14. The van der Waals surface area contributed by atoms with Crippen molar-refractivity contribution in [2.75, 3.05) is 18.8 Å². The number of aromatic amines is 1. The van der Waals surface area contributed by atoms with Gasteiger partial charge in [0.2, 0.25) is 82.7 Å². The molecule has 14 amide bonds. The van der Waals surface area contributed by atoms with Crippen LogP contribution in [0.15, 0.2) is 91.1 Å². The summed E-state index contributed by atoms with van der Waals surface area (Å²) in [5.41, 5.74) is 14.9. The Morgan fingerprint density at radius 1 is 0.432 bits per heavy atom. The Kier molecular flexibility index (Phi) is 43.6. The summed E-state index contributed by atoms with van der Waals surface area (Å²) in [7, 11) is 0. The maximum Gasteiger partial charge on any atom is 0.327 e. The summed E-state index contributed by atoms with van der Waals surface area (Å²) in [5, 5.41) is 46.6. The maximum absolute atomic E-state index is 15.0. The van der Waals surface area contributed by atoms with Crippen LogP contribution in [-0.2, 0) is 91.2 Å². The van der Waals surface area contributed by atoms with Gasteiger partial charge in [-0.2, -0.15) is 12.6 Å². The first kappa shape index (κ1) is 105. The first-order valence-electron chi connectivity index (χ1n) is 44.2. The van der Waals surface area contributed by atoms with Crippen molar-refractivity contribution in [3.63, 3.8) is 0 Å². The van der Waals surface area contributed by atoms with Crippen LogP contribution < -0.4 is 80.6 Å². The van der Waals surface area contributed by atoms with Gasteiger partial charge in [0.15, 0.2) is 0 Å². The number of carboxylic acid groups (broad SMARTS) is 1. The number of hydrogen-bond donors (Lipinski definition) is 18. The summed E-state index contributed by atoms with van der Waals surface area (Å²) in [5.74, 6) is -14.4. The number of carbonyl (C=O) groups is 15. The number of nitrogens with one attached hydrogen (secondary N) is 14. The van der Waals surface area contributed by atoms with Crippen molar-refractivity contribution in [1.82, 2.24) is 79.0 Å². The number of aliphatic carboxylic acids is 1. The number of hydrogen-bond acceptors (Lipinski definition) is 18. The number of fused-ring (bicyclic) bond motifs is 1. The molecule has 5 rings (SSSR count). The molecule has 0 unspecified atom stereocenters. The largest absolute Gasteiger partial charge is 0.480 e. The quantitative estimate of drug-likeness (QED) is 0.0218. The van der Waals surface area contributed by atoms with Gasteiger partial charge in [-0.3, -0.25) is 67.1 Å². The number of thiol groups is 1. The van der Waals surface area contributed by atoms with E-state index in [0.29, 0.717) is 49.8 Å². The van der Waals surface area contributed by atoms with Gasteiger partial charge in [-0.05, 0) is 141 Å². The Morgan fingerprint density at radius 3 is 1.30 bits per heavy atom. The predicted octanol–water partition coefficient (Wildman–Crippen LogP) is 4.18. The second kappa shape index (κ2) is 51.8. The van der Waals surface area contributed by atoms with Gasteiger partial charge < -0.3 is 95.6 Å². The second-order valence-electron chi connectivity index (χ2n) is 35.8. The fourth-order valence-electron chi connectivity index (χ4n) is 14.9. The third kappa shape index (κ3) is 33.8. The third-order valence-electron chi connectivity index (χ3n) is 22.1. The van der Waals surface area contributed by atoms with Crippen molar-refractivity contribution < 1.29 is 77.0 Å². The van der Waals surface area contributed by atoms with E-state index >= 15 is 4.79 Å². The molecule has 16 atom stereocenters. The number of rotatable bonds is 52. The molecule has 0 spiro atoms. The highest BCUT2D eigenvalue weighted by Crippen LogP contribution is 2.25. The molecular weight excluding hydrogens is 1620 g/mol. The van der Waals surface area contributed by atoms with Crippen molar-refractivity contribution >= 4 is 112 Å². The molecule has 0 aliphatic carbocycles. The fourth-order valence-corrected chi connectivity index (χ4v) is 15.1. The Hall–Kier alpha value is -10.5. The Morgan fingerprint density at radius 2 is 0.824 bits per heavy atom. The molecule has 125 heavy (non-hydrogen) atoms. The molecule has 1 aliphatic rings. The van der Waals surface area contributed by atoms with Crippen LogP contribution in [0.25, 0.3) is 10.9 Å². The summed E-state index contributed by atoms with van der Waals surface area (Å²) >= 11 is 4.05. The summed E-state index contributed by atoms with van der Waals surface area (Å²) in [4.78, 5) is 219. The van der Waals surface area contributed by atoms with Crippen LogP contribution in [0.5, 0.6) is 0 Å². The van der Waals surface area contributed by atoms with E-state index in [4.69, 9.17) is 11.5 Å².